The van der Waals surface area contributed by atoms with Gasteiger partial charge in [0.15, 0.2) is 0 Å². The smallest absolute Gasteiger partial charge is 0.230 e. The molecular formula is C11H10N4O. The summed E-state index contributed by atoms with van der Waals surface area (Å²) in [4.78, 5) is 7.94. The zero-order chi connectivity index (χ0) is 11.4. The third kappa shape index (κ3) is 2.14. The molecule has 5 heteroatoms. The second kappa shape index (κ2) is 4.39. The molecule has 0 saturated carbocycles. The SMILES string of the molecule is N=C(N)c1cccnc1Oc1cccnc1. The lowest BCUT2D eigenvalue weighted by molar-refractivity contribution is 0.459. The van der Waals surface area contributed by atoms with E-state index in [-0.39, 0.29) is 5.84 Å². The van der Waals surface area contributed by atoms with Crippen molar-refractivity contribution in [2.75, 3.05) is 0 Å². The number of aromatic nitrogens is 2. The van der Waals surface area contributed by atoms with Gasteiger partial charge >= 0.3 is 0 Å². The fourth-order valence-corrected chi connectivity index (χ4v) is 1.20. The van der Waals surface area contributed by atoms with E-state index in [1.54, 1.807) is 42.9 Å². The van der Waals surface area contributed by atoms with Crippen LogP contribution in [-0.4, -0.2) is 15.8 Å². The molecule has 5 nitrogen and oxygen atoms in total. The average molecular weight is 214 g/mol. The number of nitrogens with two attached hydrogens (primary N) is 1. The molecule has 16 heavy (non-hydrogen) atoms. The summed E-state index contributed by atoms with van der Waals surface area (Å²) in [7, 11) is 0. The second-order valence-electron chi connectivity index (χ2n) is 3.06. The molecule has 3 N–H and O–H groups in total. The molecule has 0 amide bonds. The minimum atomic E-state index is -0.0769. The van der Waals surface area contributed by atoms with Gasteiger partial charge in [-0.15, -0.1) is 0 Å². The van der Waals surface area contributed by atoms with Gasteiger partial charge in [-0.1, -0.05) is 0 Å². The second-order valence-corrected chi connectivity index (χ2v) is 3.06. The van der Waals surface area contributed by atoms with Crippen molar-refractivity contribution in [3.8, 4) is 11.6 Å². The summed E-state index contributed by atoms with van der Waals surface area (Å²) in [6.45, 7) is 0. The summed E-state index contributed by atoms with van der Waals surface area (Å²) >= 11 is 0. The topological polar surface area (TPSA) is 84.9 Å². The highest BCUT2D eigenvalue weighted by atomic mass is 16.5. The molecule has 0 saturated heterocycles. The van der Waals surface area contributed by atoms with Crippen LogP contribution in [0.4, 0.5) is 0 Å². The van der Waals surface area contributed by atoms with Gasteiger partial charge in [0.25, 0.3) is 0 Å². The van der Waals surface area contributed by atoms with Gasteiger partial charge in [-0.2, -0.15) is 0 Å². The maximum absolute atomic E-state index is 7.38. The fraction of sp³-hybridized carbons (Fsp3) is 0. The monoisotopic (exact) mass is 214 g/mol. The molecule has 0 aliphatic rings. The number of ether oxygens (including phenoxy) is 1. The zero-order valence-electron chi connectivity index (χ0n) is 8.42. The minimum absolute atomic E-state index is 0.0769. The average Bonchev–Trinajstić information content (AvgIpc) is 2.31. The van der Waals surface area contributed by atoms with Gasteiger partial charge in [-0.3, -0.25) is 10.4 Å². The lowest BCUT2D eigenvalue weighted by atomic mass is 10.2. The van der Waals surface area contributed by atoms with E-state index in [9.17, 15) is 0 Å². The van der Waals surface area contributed by atoms with Crippen LogP contribution in [0.25, 0.3) is 0 Å². The molecular weight excluding hydrogens is 204 g/mol. The number of pyridine rings is 2. The summed E-state index contributed by atoms with van der Waals surface area (Å²) < 4.78 is 5.48. The Kier molecular flexibility index (Phi) is 2.77. The van der Waals surface area contributed by atoms with Crippen LogP contribution >= 0.6 is 0 Å². The molecule has 0 aliphatic heterocycles. The summed E-state index contributed by atoms with van der Waals surface area (Å²) in [5, 5.41) is 7.38. The van der Waals surface area contributed by atoms with E-state index in [1.165, 1.54) is 0 Å². The Balaban J connectivity index is 2.31. The van der Waals surface area contributed by atoms with Crippen LogP contribution in [0.1, 0.15) is 5.56 Å². The molecule has 2 aromatic heterocycles. The van der Waals surface area contributed by atoms with Crippen LogP contribution in [0.5, 0.6) is 11.6 Å². The summed E-state index contributed by atoms with van der Waals surface area (Å²) in [5.74, 6) is 0.790. The van der Waals surface area contributed by atoms with E-state index in [2.05, 4.69) is 9.97 Å². The normalized spacial score (nSPS) is 9.75. The van der Waals surface area contributed by atoms with Gasteiger partial charge in [-0.05, 0) is 24.3 Å². The Hall–Kier alpha value is -2.43. The molecule has 0 aliphatic carbocycles. The standard InChI is InChI=1S/C11H10N4O/c12-10(13)9-4-2-6-15-11(9)16-8-3-1-5-14-7-8/h1-7H,(H3,12,13). The van der Waals surface area contributed by atoms with Crippen LogP contribution in [0.3, 0.4) is 0 Å². The van der Waals surface area contributed by atoms with Crippen LogP contribution < -0.4 is 10.5 Å². The molecule has 0 atom stereocenters. The van der Waals surface area contributed by atoms with Gasteiger partial charge in [0.05, 0.1) is 11.8 Å². The first-order valence-corrected chi connectivity index (χ1v) is 4.64. The molecule has 0 unspecified atom stereocenters. The van der Waals surface area contributed by atoms with Crippen molar-refractivity contribution in [3.05, 3.63) is 48.4 Å². The number of hydrogen-bond donors (Lipinski definition) is 2. The maximum atomic E-state index is 7.38. The van der Waals surface area contributed by atoms with Gasteiger partial charge in [0.1, 0.15) is 11.6 Å². The van der Waals surface area contributed by atoms with Crippen molar-refractivity contribution < 1.29 is 4.74 Å². The number of nitrogens with zero attached hydrogens (tertiary/aromatic N) is 2. The van der Waals surface area contributed by atoms with E-state index in [1.807, 2.05) is 0 Å². The third-order valence-electron chi connectivity index (χ3n) is 1.91. The van der Waals surface area contributed by atoms with Gasteiger partial charge in [0, 0.05) is 12.4 Å². The van der Waals surface area contributed by atoms with E-state index < -0.39 is 0 Å². The molecule has 2 rings (SSSR count). The van der Waals surface area contributed by atoms with E-state index in [0.717, 1.165) is 0 Å². The van der Waals surface area contributed by atoms with Crippen molar-refractivity contribution in [1.82, 2.24) is 9.97 Å². The van der Waals surface area contributed by atoms with Crippen molar-refractivity contribution in [2.24, 2.45) is 5.73 Å². The molecule has 0 spiro atoms. The predicted molar refractivity (Wildman–Crippen MR) is 59.6 cm³/mol. The van der Waals surface area contributed by atoms with Crippen molar-refractivity contribution in [2.45, 2.75) is 0 Å². The molecule has 2 aromatic rings. The van der Waals surface area contributed by atoms with E-state index in [0.29, 0.717) is 17.2 Å². The number of amidine groups is 1. The highest BCUT2D eigenvalue weighted by molar-refractivity contribution is 5.97. The Morgan fingerprint density at radius 2 is 2.06 bits per heavy atom. The highest BCUT2D eigenvalue weighted by Gasteiger charge is 2.07. The first-order valence-electron chi connectivity index (χ1n) is 4.64. The van der Waals surface area contributed by atoms with Gasteiger partial charge < -0.3 is 10.5 Å². The quantitative estimate of drug-likeness (QED) is 0.599. The Bertz CT molecular complexity index is 498. The number of hydrogen-bond acceptors (Lipinski definition) is 4. The summed E-state index contributed by atoms with van der Waals surface area (Å²) in [6.07, 6.45) is 4.80. The van der Waals surface area contributed by atoms with Crippen LogP contribution in [0, 0.1) is 5.41 Å². The molecule has 0 fully saturated rings. The van der Waals surface area contributed by atoms with Crippen LogP contribution in [-0.2, 0) is 0 Å². The van der Waals surface area contributed by atoms with Crippen LogP contribution in [0.15, 0.2) is 42.9 Å². The van der Waals surface area contributed by atoms with Crippen molar-refractivity contribution in [3.63, 3.8) is 0 Å². The van der Waals surface area contributed by atoms with Crippen molar-refractivity contribution in [1.29, 1.82) is 5.41 Å². The molecule has 0 bridgehead atoms. The number of nitrogen functional groups attached to an aromatic ring is 1. The lowest BCUT2D eigenvalue weighted by Crippen LogP contribution is -2.12. The third-order valence-corrected chi connectivity index (χ3v) is 1.91. The van der Waals surface area contributed by atoms with Crippen LogP contribution in [0.2, 0.25) is 0 Å². The maximum Gasteiger partial charge on any atom is 0.230 e. The summed E-state index contributed by atoms with van der Waals surface area (Å²) in [5.41, 5.74) is 5.88. The number of nitrogens with one attached hydrogen (secondary N) is 1. The first kappa shape index (κ1) is 10.1. The van der Waals surface area contributed by atoms with Gasteiger partial charge in [0.2, 0.25) is 5.88 Å². The predicted octanol–water partition coefficient (Wildman–Crippen LogP) is 1.55. The summed E-state index contributed by atoms with van der Waals surface area (Å²) in [6, 6.07) is 6.89. The Morgan fingerprint density at radius 1 is 1.25 bits per heavy atom. The lowest BCUT2D eigenvalue weighted by Gasteiger charge is -2.07. The zero-order valence-corrected chi connectivity index (χ0v) is 8.42. The largest absolute Gasteiger partial charge is 0.437 e. The first-order chi connectivity index (χ1) is 7.77. The number of rotatable bonds is 3. The minimum Gasteiger partial charge on any atom is -0.437 e. The highest BCUT2D eigenvalue weighted by Crippen LogP contribution is 2.21. The molecule has 0 aromatic carbocycles. The Morgan fingerprint density at radius 3 is 2.75 bits per heavy atom. The van der Waals surface area contributed by atoms with E-state index in [4.69, 9.17) is 15.9 Å². The molecule has 80 valence electrons. The molecule has 0 radical (unpaired) electrons. The Labute approximate surface area is 92.4 Å². The molecule has 2 heterocycles. The van der Waals surface area contributed by atoms with Crippen molar-refractivity contribution >= 4 is 5.84 Å². The van der Waals surface area contributed by atoms with Gasteiger partial charge in [-0.25, -0.2) is 4.98 Å². The fourth-order valence-electron chi connectivity index (χ4n) is 1.20. The van der Waals surface area contributed by atoms with E-state index >= 15 is 0 Å².